The SMILES string of the molecule is CNc1nc2ccccc2n1C1CCN(C2(c3ccc(F)cc3)CCCCCC2)CC1. The second-order valence-corrected chi connectivity index (χ2v) is 9.22. The molecule has 0 bridgehead atoms. The average Bonchev–Trinajstić information content (AvgIpc) is 3.01. The second-order valence-electron chi connectivity index (χ2n) is 9.22. The predicted octanol–water partition coefficient (Wildman–Crippen LogP) is 6.10. The van der Waals surface area contributed by atoms with Crippen molar-refractivity contribution in [3.05, 3.63) is 59.9 Å². The molecule has 5 rings (SSSR count). The molecule has 0 unspecified atom stereocenters. The van der Waals surface area contributed by atoms with Gasteiger partial charge in [0.25, 0.3) is 0 Å². The van der Waals surface area contributed by atoms with Crippen LogP contribution in [0.1, 0.15) is 63.0 Å². The van der Waals surface area contributed by atoms with Crippen LogP contribution in [0.5, 0.6) is 0 Å². The highest BCUT2D eigenvalue weighted by molar-refractivity contribution is 5.78. The van der Waals surface area contributed by atoms with E-state index in [0.29, 0.717) is 6.04 Å². The number of halogens is 1. The van der Waals surface area contributed by atoms with E-state index in [-0.39, 0.29) is 11.4 Å². The van der Waals surface area contributed by atoms with Crippen LogP contribution in [0.15, 0.2) is 48.5 Å². The van der Waals surface area contributed by atoms with Gasteiger partial charge in [-0.2, -0.15) is 0 Å². The zero-order valence-corrected chi connectivity index (χ0v) is 18.5. The van der Waals surface area contributed by atoms with E-state index >= 15 is 0 Å². The molecule has 31 heavy (non-hydrogen) atoms. The van der Waals surface area contributed by atoms with Crippen molar-refractivity contribution < 1.29 is 4.39 Å². The molecule has 1 aliphatic carbocycles. The third kappa shape index (κ3) is 3.73. The van der Waals surface area contributed by atoms with Gasteiger partial charge in [0.15, 0.2) is 0 Å². The molecule has 4 nitrogen and oxygen atoms in total. The largest absolute Gasteiger partial charge is 0.359 e. The highest BCUT2D eigenvalue weighted by atomic mass is 19.1. The van der Waals surface area contributed by atoms with Gasteiger partial charge in [-0.3, -0.25) is 4.90 Å². The van der Waals surface area contributed by atoms with E-state index in [0.717, 1.165) is 37.4 Å². The number of rotatable bonds is 4. The Balaban J connectivity index is 1.42. The quantitative estimate of drug-likeness (QED) is 0.518. The first-order chi connectivity index (χ1) is 15.2. The maximum absolute atomic E-state index is 13.7. The Morgan fingerprint density at radius 2 is 1.61 bits per heavy atom. The Morgan fingerprint density at radius 3 is 2.29 bits per heavy atom. The van der Waals surface area contributed by atoms with Gasteiger partial charge in [-0.25, -0.2) is 9.37 Å². The number of imidazole rings is 1. The molecule has 2 heterocycles. The van der Waals surface area contributed by atoms with Crippen molar-refractivity contribution in [2.24, 2.45) is 0 Å². The molecule has 2 aliphatic rings. The number of anilines is 1. The molecule has 1 aliphatic heterocycles. The summed E-state index contributed by atoms with van der Waals surface area (Å²) in [4.78, 5) is 7.52. The van der Waals surface area contributed by atoms with Gasteiger partial charge in [-0.1, -0.05) is 49.9 Å². The number of likely N-dealkylation sites (tertiary alicyclic amines) is 1. The molecule has 1 saturated heterocycles. The summed E-state index contributed by atoms with van der Waals surface area (Å²) in [7, 11) is 1.96. The van der Waals surface area contributed by atoms with E-state index in [1.807, 2.05) is 19.2 Å². The lowest BCUT2D eigenvalue weighted by Gasteiger charge is -2.48. The fourth-order valence-electron chi connectivity index (χ4n) is 6.00. The molecule has 3 aromatic rings. The van der Waals surface area contributed by atoms with Gasteiger partial charge in [0.2, 0.25) is 5.95 Å². The second kappa shape index (κ2) is 8.62. The Kier molecular flexibility index (Phi) is 5.70. The third-order valence-electron chi connectivity index (χ3n) is 7.57. The smallest absolute Gasteiger partial charge is 0.203 e. The van der Waals surface area contributed by atoms with E-state index in [1.54, 1.807) is 12.1 Å². The maximum Gasteiger partial charge on any atom is 0.203 e. The molecule has 0 amide bonds. The lowest BCUT2D eigenvalue weighted by atomic mass is 9.79. The minimum absolute atomic E-state index is 0.0536. The predicted molar refractivity (Wildman–Crippen MR) is 125 cm³/mol. The highest BCUT2D eigenvalue weighted by Gasteiger charge is 2.40. The van der Waals surface area contributed by atoms with Crippen LogP contribution >= 0.6 is 0 Å². The van der Waals surface area contributed by atoms with Crippen molar-refractivity contribution in [1.29, 1.82) is 0 Å². The molecule has 2 fully saturated rings. The number of nitrogens with one attached hydrogen (secondary N) is 1. The van der Waals surface area contributed by atoms with Crippen molar-refractivity contribution in [3.63, 3.8) is 0 Å². The average molecular weight is 421 g/mol. The number of para-hydroxylation sites is 2. The van der Waals surface area contributed by atoms with E-state index < -0.39 is 0 Å². The summed E-state index contributed by atoms with van der Waals surface area (Å²) < 4.78 is 16.1. The number of fused-ring (bicyclic) bond motifs is 1. The first kappa shape index (κ1) is 20.5. The first-order valence-corrected chi connectivity index (χ1v) is 11.9. The van der Waals surface area contributed by atoms with Gasteiger partial charge in [0.1, 0.15) is 5.82 Å². The normalized spacial score (nSPS) is 20.6. The van der Waals surface area contributed by atoms with Crippen molar-refractivity contribution in [2.75, 3.05) is 25.5 Å². The minimum atomic E-state index is -0.141. The monoisotopic (exact) mass is 420 g/mol. The van der Waals surface area contributed by atoms with Gasteiger partial charge < -0.3 is 9.88 Å². The molecular formula is C26H33FN4. The molecule has 1 saturated carbocycles. The highest BCUT2D eigenvalue weighted by Crippen LogP contribution is 2.44. The molecule has 5 heteroatoms. The number of piperidine rings is 1. The fourth-order valence-corrected chi connectivity index (χ4v) is 6.00. The number of hydrogen-bond acceptors (Lipinski definition) is 3. The molecule has 0 spiro atoms. The summed E-state index contributed by atoms with van der Waals surface area (Å²) in [5.41, 5.74) is 3.63. The van der Waals surface area contributed by atoms with Crippen LogP contribution in [0.25, 0.3) is 11.0 Å². The lowest BCUT2D eigenvalue weighted by Crippen LogP contribution is -2.50. The summed E-state index contributed by atoms with van der Waals surface area (Å²) in [5.74, 6) is 0.820. The van der Waals surface area contributed by atoms with Crippen molar-refractivity contribution in [1.82, 2.24) is 14.5 Å². The summed E-state index contributed by atoms with van der Waals surface area (Å²) >= 11 is 0. The van der Waals surface area contributed by atoms with E-state index in [1.165, 1.54) is 49.6 Å². The topological polar surface area (TPSA) is 33.1 Å². The Morgan fingerprint density at radius 1 is 0.935 bits per heavy atom. The number of hydrogen-bond donors (Lipinski definition) is 1. The summed E-state index contributed by atoms with van der Waals surface area (Å²) in [6.45, 7) is 2.13. The van der Waals surface area contributed by atoms with Crippen molar-refractivity contribution >= 4 is 17.0 Å². The Bertz CT molecular complexity index is 1010. The number of aromatic nitrogens is 2. The van der Waals surface area contributed by atoms with Crippen molar-refractivity contribution in [3.8, 4) is 0 Å². The standard InChI is InChI=1S/C26H33FN4/c1-28-25-29-23-8-4-5-9-24(23)31(25)22-14-18-30(19-15-22)26(16-6-2-3-7-17-26)20-10-12-21(27)13-11-20/h4-5,8-13,22H,2-3,6-7,14-19H2,1H3,(H,28,29). The Hall–Kier alpha value is -2.40. The molecule has 1 N–H and O–H groups in total. The summed E-state index contributed by atoms with van der Waals surface area (Å²) in [6.07, 6.45) is 9.72. The van der Waals surface area contributed by atoms with Gasteiger partial charge >= 0.3 is 0 Å². The molecule has 0 radical (unpaired) electrons. The lowest BCUT2D eigenvalue weighted by molar-refractivity contribution is 0.0361. The third-order valence-corrected chi connectivity index (χ3v) is 7.57. The molecule has 164 valence electrons. The van der Waals surface area contributed by atoms with E-state index in [4.69, 9.17) is 4.98 Å². The Labute approximate surface area is 184 Å². The zero-order chi connectivity index (χ0) is 21.3. The van der Waals surface area contributed by atoms with Gasteiger partial charge in [-0.15, -0.1) is 0 Å². The molecular weight excluding hydrogens is 387 g/mol. The summed E-state index contributed by atoms with van der Waals surface area (Å²) in [5, 5.41) is 3.31. The minimum Gasteiger partial charge on any atom is -0.359 e. The number of benzene rings is 2. The number of nitrogens with zero attached hydrogens (tertiary/aromatic N) is 3. The molecule has 1 aromatic heterocycles. The zero-order valence-electron chi connectivity index (χ0n) is 18.5. The van der Waals surface area contributed by atoms with Crippen LogP contribution in [0.4, 0.5) is 10.3 Å². The van der Waals surface area contributed by atoms with Crippen LogP contribution in [0.3, 0.4) is 0 Å². The van der Waals surface area contributed by atoms with Crippen LogP contribution in [-0.4, -0.2) is 34.6 Å². The van der Waals surface area contributed by atoms with Crippen LogP contribution in [0.2, 0.25) is 0 Å². The van der Waals surface area contributed by atoms with Crippen molar-refractivity contribution in [2.45, 2.75) is 62.9 Å². The maximum atomic E-state index is 13.7. The molecule has 2 aromatic carbocycles. The van der Waals surface area contributed by atoms with E-state index in [9.17, 15) is 4.39 Å². The van der Waals surface area contributed by atoms with E-state index in [2.05, 4.69) is 39.0 Å². The van der Waals surface area contributed by atoms with Gasteiger partial charge in [0, 0.05) is 31.7 Å². The fraction of sp³-hybridized carbons (Fsp3) is 0.500. The van der Waals surface area contributed by atoms with Gasteiger partial charge in [-0.05, 0) is 55.5 Å². The van der Waals surface area contributed by atoms with Crippen LogP contribution < -0.4 is 5.32 Å². The summed E-state index contributed by atoms with van der Waals surface area (Å²) in [6, 6.07) is 16.2. The first-order valence-electron chi connectivity index (χ1n) is 11.9. The van der Waals surface area contributed by atoms with Crippen LogP contribution in [-0.2, 0) is 5.54 Å². The van der Waals surface area contributed by atoms with Crippen LogP contribution in [0, 0.1) is 5.82 Å². The molecule has 0 atom stereocenters. The van der Waals surface area contributed by atoms with Gasteiger partial charge in [0.05, 0.1) is 11.0 Å².